The van der Waals surface area contributed by atoms with Crippen LogP contribution >= 0.6 is 11.6 Å². The Morgan fingerprint density at radius 1 is 0.889 bits per heavy atom. The molecule has 3 aromatic rings. The number of carbonyl (C=O) groups is 2. The number of hydrogen-bond acceptors (Lipinski definition) is 2. The fraction of sp³-hybridized carbons (Fsp3) is 0.0909. The molecule has 0 bridgehead atoms. The van der Waals surface area contributed by atoms with Gasteiger partial charge < -0.3 is 10.2 Å². The van der Waals surface area contributed by atoms with Crippen molar-refractivity contribution < 1.29 is 9.59 Å². The molecule has 0 aromatic heterocycles. The van der Waals surface area contributed by atoms with Crippen LogP contribution in [-0.4, -0.2) is 18.9 Å². The van der Waals surface area contributed by atoms with Gasteiger partial charge in [-0.15, -0.1) is 0 Å². The Hall–Kier alpha value is -3.11. The molecule has 0 radical (unpaired) electrons. The van der Waals surface area contributed by atoms with Crippen molar-refractivity contribution in [3.8, 4) is 0 Å². The number of amides is 2. The van der Waals surface area contributed by atoms with E-state index in [4.69, 9.17) is 11.6 Å². The van der Waals surface area contributed by atoms with Gasteiger partial charge in [0.25, 0.3) is 11.8 Å². The lowest BCUT2D eigenvalue weighted by atomic mass is 10.1. The van der Waals surface area contributed by atoms with Gasteiger partial charge in [0, 0.05) is 35.4 Å². The molecule has 27 heavy (non-hydrogen) atoms. The molecule has 3 aromatic carbocycles. The Morgan fingerprint density at radius 2 is 1.56 bits per heavy atom. The van der Waals surface area contributed by atoms with E-state index in [1.807, 2.05) is 48.5 Å². The largest absolute Gasteiger partial charge is 0.348 e. The van der Waals surface area contributed by atoms with Crippen LogP contribution in [0.1, 0.15) is 26.3 Å². The second-order valence-corrected chi connectivity index (χ2v) is 6.46. The van der Waals surface area contributed by atoms with Gasteiger partial charge in [-0.2, -0.15) is 0 Å². The summed E-state index contributed by atoms with van der Waals surface area (Å²) < 4.78 is 0. The van der Waals surface area contributed by atoms with E-state index >= 15 is 0 Å². The minimum Gasteiger partial charge on any atom is -0.348 e. The lowest BCUT2D eigenvalue weighted by Crippen LogP contribution is -2.27. The maximum absolute atomic E-state index is 12.7. The molecule has 0 heterocycles. The highest BCUT2D eigenvalue weighted by Gasteiger charge is 2.15. The topological polar surface area (TPSA) is 49.4 Å². The van der Waals surface area contributed by atoms with Crippen LogP contribution in [0.25, 0.3) is 0 Å². The molecule has 0 aliphatic rings. The van der Waals surface area contributed by atoms with Crippen LogP contribution in [0.5, 0.6) is 0 Å². The first-order valence-electron chi connectivity index (χ1n) is 8.51. The van der Waals surface area contributed by atoms with E-state index in [0.717, 1.165) is 11.3 Å². The molecular weight excluding hydrogens is 360 g/mol. The first kappa shape index (κ1) is 18.7. The second-order valence-electron chi connectivity index (χ2n) is 6.05. The molecule has 5 heteroatoms. The molecule has 0 spiro atoms. The van der Waals surface area contributed by atoms with Crippen molar-refractivity contribution >= 4 is 29.1 Å². The molecule has 4 nitrogen and oxygen atoms in total. The third-order valence-corrected chi connectivity index (χ3v) is 4.59. The Kier molecular flexibility index (Phi) is 5.89. The minimum atomic E-state index is -0.257. The highest BCUT2D eigenvalue weighted by Crippen LogP contribution is 2.17. The number of anilines is 1. The molecule has 0 fully saturated rings. The predicted octanol–water partition coefficient (Wildman–Crippen LogP) is 4.55. The van der Waals surface area contributed by atoms with Crippen molar-refractivity contribution in [2.24, 2.45) is 0 Å². The SMILES string of the molecule is CN(C(=O)c1cccc(C(=O)NCc2ccccc2Cl)c1)c1ccccc1. The summed E-state index contributed by atoms with van der Waals surface area (Å²) in [5.74, 6) is -0.436. The maximum Gasteiger partial charge on any atom is 0.258 e. The highest BCUT2D eigenvalue weighted by molar-refractivity contribution is 6.31. The van der Waals surface area contributed by atoms with E-state index in [9.17, 15) is 9.59 Å². The number of nitrogens with zero attached hydrogens (tertiary/aromatic N) is 1. The van der Waals surface area contributed by atoms with E-state index < -0.39 is 0 Å². The van der Waals surface area contributed by atoms with Crippen LogP contribution in [0.4, 0.5) is 5.69 Å². The zero-order valence-electron chi connectivity index (χ0n) is 14.9. The standard InChI is InChI=1S/C22H19ClN2O2/c1-25(19-11-3-2-4-12-19)22(27)17-10-7-9-16(14-17)21(26)24-15-18-8-5-6-13-20(18)23/h2-14H,15H2,1H3,(H,24,26). The molecule has 0 aliphatic heterocycles. The summed E-state index contributed by atoms with van der Waals surface area (Å²) in [4.78, 5) is 26.7. The molecule has 2 amide bonds. The molecule has 136 valence electrons. The Morgan fingerprint density at radius 3 is 2.30 bits per heavy atom. The van der Waals surface area contributed by atoms with E-state index in [0.29, 0.717) is 22.7 Å². The lowest BCUT2D eigenvalue weighted by Gasteiger charge is -2.17. The zero-order chi connectivity index (χ0) is 19.2. The van der Waals surface area contributed by atoms with Crippen LogP contribution in [0.3, 0.4) is 0 Å². The lowest BCUT2D eigenvalue weighted by molar-refractivity contribution is 0.0951. The Bertz CT molecular complexity index is 957. The van der Waals surface area contributed by atoms with Gasteiger partial charge in [0.1, 0.15) is 0 Å². The van der Waals surface area contributed by atoms with Crippen LogP contribution < -0.4 is 10.2 Å². The van der Waals surface area contributed by atoms with Crippen LogP contribution in [0.2, 0.25) is 5.02 Å². The number of para-hydroxylation sites is 1. The summed E-state index contributed by atoms with van der Waals surface area (Å²) in [6.07, 6.45) is 0. The van der Waals surface area contributed by atoms with Gasteiger partial charge in [-0.25, -0.2) is 0 Å². The molecule has 0 aliphatic carbocycles. The van der Waals surface area contributed by atoms with Gasteiger partial charge in [0.05, 0.1) is 0 Å². The number of carbonyl (C=O) groups excluding carboxylic acids is 2. The minimum absolute atomic E-state index is 0.179. The summed E-state index contributed by atoms with van der Waals surface area (Å²) >= 11 is 6.11. The summed E-state index contributed by atoms with van der Waals surface area (Å²) in [5, 5.41) is 3.44. The number of halogens is 1. The average molecular weight is 379 g/mol. The fourth-order valence-electron chi connectivity index (χ4n) is 2.68. The van der Waals surface area contributed by atoms with Gasteiger partial charge in [-0.05, 0) is 42.0 Å². The third kappa shape index (κ3) is 4.54. The molecule has 0 saturated heterocycles. The van der Waals surface area contributed by atoms with Crippen LogP contribution in [-0.2, 0) is 6.54 Å². The van der Waals surface area contributed by atoms with Gasteiger partial charge >= 0.3 is 0 Å². The smallest absolute Gasteiger partial charge is 0.258 e. The summed E-state index contributed by atoms with van der Waals surface area (Å²) in [6, 6.07) is 23.4. The summed E-state index contributed by atoms with van der Waals surface area (Å²) in [6.45, 7) is 0.320. The van der Waals surface area contributed by atoms with Crippen molar-refractivity contribution in [1.29, 1.82) is 0 Å². The third-order valence-electron chi connectivity index (χ3n) is 4.22. The van der Waals surface area contributed by atoms with E-state index in [-0.39, 0.29) is 11.8 Å². The quantitative estimate of drug-likeness (QED) is 0.708. The summed E-state index contributed by atoms with van der Waals surface area (Å²) in [7, 11) is 1.71. The number of nitrogens with one attached hydrogen (secondary N) is 1. The molecule has 0 atom stereocenters. The van der Waals surface area contributed by atoms with E-state index in [2.05, 4.69) is 5.32 Å². The van der Waals surface area contributed by atoms with Crippen molar-refractivity contribution in [2.75, 3.05) is 11.9 Å². The van der Waals surface area contributed by atoms with Gasteiger partial charge in [-0.1, -0.05) is 54.1 Å². The number of rotatable bonds is 5. The first-order chi connectivity index (χ1) is 13.1. The molecular formula is C22H19ClN2O2. The van der Waals surface area contributed by atoms with E-state index in [1.54, 1.807) is 42.3 Å². The summed E-state index contributed by atoms with van der Waals surface area (Å²) in [5.41, 5.74) is 2.50. The van der Waals surface area contributed by atoms with Crippen molar-refractivity contribution in [3.05, 3.63) is 101 Å². The molecule has 3 rings (SSSR count). The van der Waals surface area contributed by atoms with E-state index in [1.165, 1.54) is 0 Å². The second kappa shape index (κ2) is 8.52. The zero-order valence-corrected chi connectivity index (χ0v) is 15.6. The van der Waals surface area contributed by atoms with Gasteiger partial charge in [0.15, 0.2) is 0 Å². The van der Waals surface area contributed by atoms with Crippen molar-refractivity contribution in [3.63, 3.8) is 0 Å². The maximum atomic E-state index is 12.7. The van der Waals surface area contributed by atoms with Crippen molar-refractivity contribution in [1.82, 2.24) is 5.32 Å². The first-order valence-corrected chi connectivity index (χ1v) is 8.89. The fourth-order valence-corrected chi connectivity index (χ4v) is 2.88. The van der Waals surface area contributed by atoms with Crippen molar-refractivity contribution in [2.45, 2.75) is 6.54 Å². The predicted molar refractivity (Wildman–Crippen MR) is 108 cm³/mol. The van der Waals surface area contributed by atoms with Gasteiger partial charge in [-0.3, -0.25) is 9.59 Å². The average Bonchev–Trinajstić information content (AvgIpc) is 2.72. The highest BCUT2D eigenvalue weighted by atomic mass is 35.5. The van der Waals surface area contributed by atoms with Gasteiger partial charge in [0.2, 0.25) is 0 Å². The Balaban J connectivity index is 1.72. The van der Waals surface area contributed by atoms with Crippen LogP contribution in [0, 0.1) is 0 Å². The molecule has 1 N–H and O–H groups in total. The monoisotopic (exact) mass is 378 g/mol. The normalized spacial score (nSPS) is 10.3. The number of hydrogen-bond donors (Lipinski definition) is 1. The van der Waals surface area contributed by atoms with Crippen LogP contribution in [0.15, 0.2) is 78.9 Å². The molecule has 0 unspecified atom stereocenters. The Labute approximate surface area is 163 Å². The number of benzene rings is 3. The molecule has 0 saturated carbocycles.